The van der Waals surface area contributed by atoms with Crippen molar-refractivity contribution >= 4 is 23.5 Å². The second kappa shape index (κ2) is 8.24. The second-order valence-corrected chi connectivity index (χ2v) is 6.18. The molecule has 1 aromatic heterocycles. The first kappa shape index (κ1) is 19.6. The summed E-state index contributed by atoms with van der Waals surface area (Å²) < 4.78 is 39.0. The molecule has 1 fully saturated rings. The molecule has 28 heavy (non-hydrogen) atoms. The van der Waals surface area contributed by atoms with Gasteiger partial charge >= 0.3 is 6.18 Å². The molecule has 2 heterocycles. The van der Waals surface area contributed by atoms with Crippen molar-refractivity contribution < 1.29 is 22.8 Å². The zero-order chi connectivity index (χ0) is 20.1. The molecule has 10 heteroatoms. The normalized spacial score (nSPS) is 14.7. The van der Waals surface area contributed by atoms with Crippen LogP contribution in [0.2, 0.25) is 0 Å². The Kier molecular flexibility index (Phi) is 5.76. The van der Waals surface area contributed by atoms with Gasteiger partial charge in [-0.15, -0.1) is 0 Å². The van der Waals surface area contributed by atoms with Crippen molar-refractivity contribution in [3.63, 3.8) is 0 Å². The SMILES string of the molecule is O=C(CC(=O)N1CCN(c2ncccn2)CC1)Nc1ccccc1C(F)(F)F. The van der Waals surface area contributed by atoms with Gasteiger partial charge in [0.05, 0.1) is 11.3 Å². The zero-order valence-electron chi connectivity index (χ0n) is 14.8. The Morgan fingerprint density at radius 3 is 2.29 bits per heavy atom. The van der Waals surface area contributed by atoms with Crippen molar-refractivity contribution in [1.82, 2.24) is 14.9 Å². The van der Waals surface area contributed by atoms with Crippen molar-refractivity contribution in [3.05, 3.63) is 48.3 Å². The van der Waals surface area contributed by atoms with E-state index in [-0.39, 0.29) is 5.69 Å². The maximum Gasteiger partial charge on any atom is 0.418 e. The smallest absolute Gasteiger partial charge is 0.339 e. The summed E-state index contributed by atoms with van der Waals surface area (Å²) in [7, 11) is 0. The monoisotopic (exact) mass is 393 g/mol. The van der Waals surface area contributed by atoms with E-state index in [1.54, 1.807) is 18.5 Å². The van der Waals surface area contributed by atoms with Crippen LogP contribution in [0, 0.1) is 0 Å². The summed E-state index contributed by atoms with van der Waals surface area (Å²) >= 11 is 0. The Morgan fingerprint density at radius 1 is 1.00 bits per heavy atom. The maximum absolute atomic E-state index is 13.0. The molecule has 1 aromatic carbocycles. The lowest BCUT2D eigenvalue weighted by Gasteiger charge is -2.34. The number of nitrogens with one attached hydrogen (secondary N) is 1. The topological polar surface area (TPSA) is 78.4 Å². The van der Waals surface area contributed by atoms with Crippen LogP contribution in [0.5, 0.6) is 0 Å². The number of benzene rings is 1. The highest BCUT2D eigenvalue weighted by atomic mass is 19.4. The first-order valence-corrected chi connectivity index (χ1v) is 8.60. The predicted molar refractivity (Wildman–Crippen MR) is 95.5 cm³/mol. The zero-order valence-corrected chi connectivity index (χ0v) is 14.8. The van der Waals surface area contributed by atoms with E-state index in [1.807, 2.05) is 4.90 Å². The minimum atomic E-state index is -4.59. The molecule has 0 atom stereocenters. The molecular weight excluding hydrogens is 375 g/mol. The number of nitrogens with zero attached hydrogens (tertiary/aromatic N) is 4. The summed E-state index contributed by atoms with van der Waals surface area (Å²) in [4.78, 5) is 36.1. The van der Waals surface area contributed by atoms with E-state index >= 15 is 0 Å². The van der Waals surface area contributed by atoms with Gasteiger partial charge in [-0.3, -0.25) is 9.59 Å². The molecule has 2 amide bonds. The van der Waals surface area contributed by atoms with Gasteiger partial charge in [0, 0.05) is 38.6 Å². The minimum absolute atomic E-state index is 0.362. The molecule has 1 aliphatic rings. The van der Waals surface area contributed by atoms with Crippen molar-refractivity contribution in [2.75, 3.05) is 36.4 Å². The Labute approximate surface area is 159 Å². The van der Waals surface area contributed by atoms with Gasteiger partial charge in [-0.2, -0.15) is 13.2 Å². The second-order valence-electron chi connectivity index (χ2n) is 6.18. The number of carbonyl (C=O) groups is 2. The van der Waals surface area contributed by atoms with E-state index in [1.165, 1.54) is 17.0 Å². The fourth-order valence-electron chi connectivity index (χ4n) is 2.89. The van der Waals surface area contributed by atoms with Crippen LogP contribution in [0.25, 0.3) is 0 Å². The van der Waals surface area contributed by atoms with Crippen LogP contribution in [0.15, 0.2) is 42.7 Å². The molecular formula is C18H18F3N5O2. The molecule has 3 rings (SSSR count). The third-order valence-corrected chi connectivity index (χ3v) is 4.29. The highest BCUT2D eigenvalue weighted by Crippen LogP contribution is 2.34. The third kappa shape index (κ3) is 4.76. The van der Waals surface area contributed by atoms with Gasteiger partial charge in [-0.05, 0) is 18.2 Å². The summed E-state index contributed by atoms with van der Waals surface area (Å²) in [6.45, 7) is 1.77. The predicted octanol–water partition coefficient (Wildman–Crippen LogP) is 2.17. The molecule has 0 aliphatic carbocycles. The van der Waals surface area contributed by atoms with Gasteiger partial charge in [0.15, 0.2) is 0 Å². The highest BCUT2D eigenvalue weighted by molar-refractivity contribution is 6.04. The number of hydrogen-bond donors (Lipinski definition) is 1. The number of para-hydroxylation sites is 1. The van der Waals surface area contributed by atoms with Gasteiger partial charge in [-0.1, -0.05) is 12.1 Å². The Morgan fingerprint density at radius 2 is 1.64 bits per heavy atom. The van der Waals surface area contributed by atoms with Crippen molar-refractivity contribution in [3.8, 4) is 0 Å². The molecule has 2 aromatic rings. The molecule has 1 aliphatic heterocycles. The molecule has 7 nitrogen and oxygen atoms in total. The summed E-state index contributed by atoms with van der Waals surface area (Å²) in [5.74, 6) is -0.651. The van der Waals surface area contributed by atoms with Crippen LogP contribution < -0.4 is 10.2 Å². The number of anilines is 2. The fraction of sp³-hybridized carbons (Fsp3) is 0.333. The summed E-state index contributed by atoms with van der Waals surface area (Å²) in [6, 6.07) is 6.36. The molecule has 0 bridgehead atoms. The largest absolute Gasteiger partial charge is 0.418 e. The Hall–Kier alpha value is -3.17. The van der Waals surface area contributed by atoms with Crippen molar-refractivity contribution in [2.45, 2.75) is 12.6 Å². The lowest BCUT2D eigenvalue weighted by molar-refractivity contribution is -0.137. The van der Waals surface area contributed by atoms with E-state index in [9.17, 15) is 22.8 Å². The van der Waals surface area contributed by atoms with E-state index in [2.05, 4.69) is 15.3 Å². The standard InChI is InChI=1S/C18H18F3N5O2/c19-18(20,21)13-4-1-2-5-14(13)24-15(27)12-16(28)25-8-10-26(11-9-25)17-22-6-3-7-23-17/h1-7H,8-12H2,(H,24,27). The van der Waals surface area contributed by atoms with Crippen molar-refractivity contribution in [1.29, 1.82) is 0 Å². The molecule has 1 saturated heterocycles. The van der Waals surface area contributed by atoms with Crippen molar-refractivity contribution in [2.24, 2.45) is 0 Å². The average molecular weight is 393 g/mol. The molecule has 0 unspecified atom stereocenters. The Balaban J connectivity index is 1.54. The number of halogens is 3. The van der Waals surface area contributed by atoms with E-state index in [0.717, 1.165) is 12.1 Å². The average Bonchev–Trinajstić information content (AvgIpc) is 2.68. The highest BCUT2D eigenvalue weighted by Gasteiger charge is 2.33. The van der Waals surface area contributed by atoms with Crippen LogP contribution in [0.4, 0.5) is 24.8 Å². The summed E-state index contributed by atoms with van der Waals surface area (Å²) in [5, 5.41) is 2.18. The number of hydrogen-bond acceptors (Lipinski definition) is 5. The van der Waals surface area contributed by atoms with Crippen LogP contribution >= 0.6 is 0 Å². The number of alkyl halides is 3. The van der Waals surface area contributed by atoms with Crippen LogP contribution in [-0.4, -0.2) is 52.9 Å². The quantitative estimate of drug-likeness (QED) is 0.806. The van der Waals surface area contributed by atoms with E-state index in [0.29, 0.717) is 32.1 Å². The number of rotatable bonds is 4. The summed E-state index contributed by atoms with van der Waals surface area (Å²) in [5.41, 5.74) is -1.31. The Bertz CT molecular complexity index is 837. The summed E-state index contributed by atoms with van der Waals surface area (Å²) in [6.07, 6.45) is -1.86. The number of amides is 2. The van der Waals surface area contributed by atoms with Crippen LogP contribution in [-0.2, 0) is 15.8 Å². The molecule has 1 N–H and O–H groups in total. The minimum Gasteiger partial charge on any atom is -0.339 e. The van der Waals surface area contributed by atoms with Gasteiger partial charge in [0.1, 0.15) is 6.42 Å². The van der Waals surface area contributed by atoms with E-state index < -0.39 is 30.0 Å². The third-order valence-electron chi connectivity index (χ3n) is 4.29. The van der Waals surface area contributed by atoms with Gasteiger partial charge in [-0.25, -0.2) is 9.97 Å². The first-order chi connectivity index (χ1) is 13.3. The van der Waals surface area contributed by atoms with Gasteiger partial charge in [0.25, 0.3) is 0 Å². The van der Waals surface area contributed by atoms with Crippen LogP contribution in [0.3, 0.4) is 0 Å². The van der Waals surface area contributed by atoms with Crippen LogP contribution in [0.1, 0.15) is 12.0 Å². The first-order valence-electron chi connectivity index (χ1n) is 8.60. The molecule has 0 spiro atoms. The molecule has 148 valence electrons. The van der Waals surface area contributed by atoms with E-state index in [4.69, 9.17) is 0 Å². The van der Waals surface area contributed by atoms with Gasteiger partial charge < -0.3 is 15.1 Å². The lowest BCUT2D eigenvalue weighted by Crippen LogP contribution is -2.49. The number of carbonyl (C=O) groups excluding carboxylic acids is 2. The number of piperazine rings is 1. The fourth-order valence-corrected chi connectivity index (χ4v) is 2.89. The lowest BCUT2D eigenvalue weighted by atomic mass is 10.1. The number of aromatic nitrogens is 2. The molecule has 0 saturated carbocycles. The molecule has 0 radical (unpaired) electrons. The van der Waals surface area contributed by atoms with Gasteiger partial charge in [0.2, 0.25) is 17.8 Å². The maximum atomic E-state index is 13.0.